The summed E-state index contributed by atoms with van der Waals surface area (Å²) >= 11 is 5.98. The zero-order valence-corrected chi connectivity index (χ0v) is 13.9. The number of carbonyl (C=O) groups excluding carboxylic acids is 1. The van der Waals surface area contributed by atoms with Crippen LogP contribution in [0.1, 0.15) is 43.0 Å². The van der Waals surface area contributed by atoms with Crippen molar-refractivity contribution in [3.8, 4) is 0 Å². The molecule has 1 N–H and O–H groups in total. The minimum atomic E-state index is -0.704. The highest BCUT2D eigenvalue weighted by Crippen LogP contribution is 2.39. The highest BCUT2D eigenvalue weighted by molar-refractivity contribution is 6.33. The second-order valence-corrected chi connectivity index (χ2v) is 7.28. The highest BCUT2D eigenvalue weighted by Gasteiger charge is 2.45. The van der Waals surface area contributed by atoms with Crippen molar-refractivity contribution >= 4 is 17.5 Å². The van der Waals surface area contributed by atoms with Crippen LogP contribution in [-0.2, 0) is 4.74 Å². The van der Waals surface area contributed by atoms with E-state index in [9.17, 15) is 14.3 Å². The predicted octanol–water partition coefficient (Wildman–Crippen LogP) is 3.02. The van der Waals surface area contributed by atoms with Crippen LogP contribution in [0.5, 0.6) is 0 Å². The quantitative estimate of drug-likeness (QED) is 0.854. The number of aliphatic hydroxyl groups is 1. The molecule has 1 spiro atoms. The molecule has 0 radical (unpaired) electrons. The molecular formula is C17H21ClFNO3. The summed E-state index contributed by atoms with van der Waals surface area (Å²) in [5.74, 6) is -0.644. The summed E-state index contributed by atoms with van der Waals surface area (Å²) < 4.78 is 19.1. The van der Waals surface area contributed by atoms with Gasteiger partial charge in [-0.15, -0.1) is 0 Å². The molecule has 1 aromatic rings. The monoisotopic (exact) mass is 341 g/mol. The van der Waals surface area contributed by atoms with Crippen LogP contribution < -0.4 is 0 Å². The molecular weight excluding hydrogens is 321 g/mol. The number of amides is 1. The molecule has 126 valence electrons. The SMILES string of the molecule is CC1(O)CCOC2(CCN(C(=O)c3ccc(F)cc3Cl)CC2)C1. The Morgan fingerprint density at radius 1 is 1.35 bits per heavy atom. The van der Waals surface area contributed by atoms with Crippen molar-refractivity contribution in [2.24, 2.45) is 0 Å². The van der Waals surface area contributed by atoms with Gasteiger partial charge in [0.05, 0.1) is 28.4 Å². The van der Waals surface area contributed by atoms with E-state index in [1.807, 2.05) is 6.92 Å². The number of ether oxygens (including phenoxy) is 1. The molecule has 1 atom stereocenters. The summed E-state index contributed by atoms with van der Waals surface area (Å²) in [7, 11) is 0. The molecule has 2 aliphatic heterocycles. The van der Waals surface area contributed by atoms with Gasteiger partial charge in [0, 0.05) is 19.5 Å². The van der Waals surface area contributed by atoms with E-state index in [2.05, 4.69) is 0 Å². The van der Waals surface area contributed by atoms with Gasteiger partial charge in [-0.1, -0.05) is 11.6 Å². The normalized spacial score (nSPS) is 27.2. The van der Waals surface area contributed by atoms with Gasteiger partial charge in [0.25, 0.3) is 5.91 Å². The van der Waals surface area contributed by atoms with Crippen molar-refractivity contribution in [2.75, 3.05) is 19.7 Å². The van der Waals surface area contributed by atoms with Crippen LogP contribution in [0.3, 0.4) is 0 Å². The first-order valence-corrected chi connectivity index (χ1v) is 8.29. The zero-order chi connectivity index (χ0) is 16.7. The fourth-order valence-corrected chi connectivity index (χ4v) is 3.84. The zero-order valence-electron chi connectivity index (χ0n) is 13.1. The Bertz CT molecular complexity index is 612. The number of halogens is 2. The first-order chi connectivity index (χ1) is 10.8. The van der Waals surface area contributed by atoms with E-state index in [4.69, 9.17) is 16.3 Å². The Morgan fingerprint density at radius 3 is 2.65 bits per heavy atom. The molecule has 0 saturated carbocycles. The van der Waals surface area contributed by atoms with Gasteiger partial charge in [0.1, 0.15) is 5.82 Å². The lowest BCUT2D eigenvalue weighted by molar-refractivity contribution is -0.170. The van der Waals surface area contributed by atoms with E-state index in [1.165, 1.54) is 12.1 Å². The van der Waals surface area contributed by atoms with Gasteiger partial charge in [-0.25, -0.2) is 4.39 Å². The van der Waals surface area contributed by atoms with Gasteiger partial charge in [-0.2, -0.15) is 0 Å². The molecule has 0 aliphatic carbocycles. The molecule has 3 rings (SSSR count). The third kappa shape index (κ3) is 3.52. The fraction of sp³-hybridized carbons (Fsp3) is 0.588. The number of nitrogens with zero attached hydrogens (tertiary/aromatic N) is 1. The lowest BCUT2D eigenvalue weighted by atomic mass is 9.78. The van der Waals surface area contributed by atoms with Gasteiger partial charge < -0.3 is 14.7 Å². The van der Waals surface area contributed by atoms with Crippen molar-refractivity contribution < 1.29 is 19.0 Å². The largest absolute Gasteiger partial charge is 0.390 e. The number of rotatable bonds is 1. The number of hydrogen-bond donors (Lipinski definition) is 1. The van der Waals surface area contributed by atoms with Crippen LogP contribution in [0.15, 0.2) is 18.2 Å². The molecule has 0 bridgehead atoms. The Hall–Kier alpha value is -1.17. The number of likely N-dealkylation sites (tertiary alicyclic amines) is 1. The molecule has 2 heterocycles. The van der Waals surface area contributed by atoms with Crippen molar-refractivity contribution in [2.45, 2.75) is 43.8 Å². The summed E-state index contributed by atoms with van der Waals surface area (Å²) in [4.78, 5) is 14.3. The van der Waals surface area contributed by atoms with Crippen LogP contribution in [0.2, 0.25) is 5.02 Å². The molecule has 23 heavy (non-hydrogen) atoms. The smallest absolute Gasteiger partial charge is 0.255 e. The first-order valence-electron chi connectivity index (χ1n) is 7.91. The van der Waals surface area contributed by atoms with Crippen LogP contribution in [0, 0.1) is 5.82 Å². The average molecular weight is 342 g/mol. The third-order valence-electron chi connectivity index (χ3n) is 4.88. The third-order valence-corrected chi connectivity index (χ3v) is 5.19. The Balaban J connectivity index is 1.68. The number of piperidine rings is 1. The lowest BCUT2D eigenvalue weighted by Crippen LogP contribution is -2.54. The molecule has 0 aromatic heterocycles. The fourth-order valence-electron chi connectivity index (χ4n) is 3.59. The standard InChI is InChI=1S/C17H21ClFNO3/c1-16(22)6-9-23-17(11-16)4-7-20(8-5-17)15(21)13-3-2-12(19)10-14(13)18/h2-3,10,22H,4-9,11H2,1H3. The maximum absolute atomic E-state index is 13.1. The van der Waals surface area contributed by atoms with Gasteiger partial charge in [-0.3, -0.25) is 4.79 Å². The number of benzene rings is 1. The van der Waals surface area contributed by atoms with E-state index >= 15 is 0 Å². The van der Waals surface area contributed by atoms with Crippen molar-refractivity contribution in [1.82, 2.24) is 4.90 Å². The second kappa shape index (κ2) is 6.04. The van der Waals surface area contributed by atoms with Crippen molar-refractivity contribution in [3.05, 3.63) is 34.6 Å². The molecule has 1 unspecified atom stereocenters. The van der Waals surface area contributed by atoms with Crippen LogP contribution in [0.25, 0.3) is 0 Å². The predicted molar refractivity (Wildman–Crippen MR) is 85.1 cm³/mol. The van der Waals surface area contributed by atoms with Gasteiger partial charge in [0.15, 0.2) is 0 Å². The first kappa shape index (κ1) is 16.7. The summed E-state index contributed by atoms with van der Waals surface area (Å²) in [6, 6.07) is 3.82. The molecule has 2 saturated heterocycles. The van der Waals surface area contributed by atoms with Gasteiger partial charge in [-0.05, 0) is 44.4 Å². The van der Waals surface area contributed by atoms with Crippen LogP contribution in [0.4, 0.5) is 4.39 Å². The summed E-state index contributed by atoms with van der Waals surface area (Å²) in [6.45, 7) is 3.48. The molecule has 2 fully saturated rings. The summed E-state index contributed by atoms with van der Waals surface area (Å²) in [6.07, 6.45) is 2.61. The molecule has 6 heteroatoms. The van der Waals surface area contributed by atoms with Crippen molar-refractivity contribution in [3.63, 3.8) is 0 Å². The van der Waals surface area contributed by atoms with E-state index in [-0.39, 0.29) is 16.5 Å². The van der Waals surface area contributed by atoms with Gasteiger partial charge in [0.2, 0.25) is 0 Å². The number of hydrogen-bond acceptors (Lipinski definition) is 3. The van der Waals surface area contributed by atoms with Crippen LogP contribution >= 0.6 is 11.6 Å². The second-order valence-electron chi connectivity index (χ2n) is 6.87. The summed E-state index contributed by atoms with van der Waals surface area (Å²) in [5.41, 5.74) is -0.726. The maximum Gasteiger partial charge on any atom is 0.255 e. The number of carbonyl (C=O) groups is 1. The minimum absolute atomic E-state index is 0.132. The maximum atomic E-state index is 13.1. The van der Waals surface area contributed by atoms with Crippen molar-refractivity contribution in [1.29, 1.82) is 0 Å². The van der Waals surface area contributed by atoms with E-state index in [0.717, 1.165) is 6.07 Å². The highest BCUT2D eigenvalue weighted by atomic mass is 35.5. The molecule has 4 nitrogen and oxygen atoms in total. The molecule has 2 aliphatic rings. The van der Waals surface area contributed by atoms with E-state index < -0.39 is 11.4 Å². The minimum Gasteiger partial charge on any atom is -0.390 e. The lowest BCUT2D eigenvalue weighted by Gasteiger charge is -2.48. The Kier molecular flexibility index (Phi) is 4.38. The van der Waals surface area contributed by atoms with Crippen LogP contribution in [-0.4, -0.2) is 46.8 Å². The molecule has 1 aromatic carbocycles. The Morgan fingerprint density at radius 2 is 2.04 bits per heavy atom. The topological polar surface area (TPSA) is 49.8 Å². The van der Waals surface area contributed by atoms with E-state index in [0.29, 0.717) is 50.9 Å². The summed E-state index contributed by atoms with van der Waals surface area (Å²) in [5, 5.41) is 10.4. The Labute approximate surface area is 140 Å². The van der Waals surface area contributed by atoms with E-state index in [1.54, 1.807) is 4.90 Å². The average Bonchev–Trinajstić information content (AvgIpc) is 2.46. The molecule has 1 amide bonds. The van der Waals surface area contributed by atoms with Gasteiger partial charge >= 0.3 is 0 Å².